The van der Waals surface area contributed by atoms with Gasteiger partial charge in [0.05, 0.1) is 5.52 Å². The molecule has 0 fully saturated rings. The van der Waals surface area contributed by atoms with Crippen LogP contribution < -0.4 is 5.32 Å². The minimum atomic E-state index is 1.02. The predicted octanol–water partition coefficient (Wildman–Crippen LogP) is 3.85. The van der Waals surface area contributed by atoms with Crippen molar-refractivity contribution in [2.45, 2.75) is 33.6 Å². The molecule has 0 saturated heterocycles. The third-order valence-corrected chi connectivity index (χ3v) is 3.12. The molecular formula is C15H20N2. The summed E-state index contributed by atoms with van der Waals surface area (Å²) in [5, 5.41) is 4.48. The molecular weight excluding hydrogens is 208 g/mol. The molecule has 0 radical (unpaired) electrons. The summed E-state index contributed by atoms with van der Waals surface area (Å²) in [6.45, 7) is 6.48. The minimum Gasteiger partial charge on any atom is -0.373 e. The number of hydrogen-bond donors (Lipinski definition) is 1. The molecule has 0 aliphatic heterocycles. The van der Waals surface area contributed by atoms with Crippen molar-refractivity contribution >= 4 is 16.7 Å². The smallest absolute Gasteiger partial charge is 0.129 e. The van der Waals surface area contributed by atoms with Crippen molar-refractivity contribution in [3.8, 4) is 0 Å². The van der Waals surface area contributed by atoms with E-state index in [1.54, 1.807) is 0 Å². The Balaban J connectivity index is 2.69. The van der Waals surface area contributed by atoms with E-state index in [4.69, 9.17) is 4.98 Å². The van der Waals surface area contributed by atoms with Gasteiger partial charge < -0.3 is 5.32 Å². The van der Waals surface area contributed by atoms with Crippen molar-refractivity contribution in [2.75, 3.05) is 12.4 Å². The van der Waals surface area contributed by atoms with Crippen LogP contribution in [0, 0.1) is 13.8 Å². The average molecular weight is 228 g/mol. The molecule has 0 aliphatic rings. The van der Waals surface area contributed by atoms with Gasteiger partial charge in [-0.15, -0.1) is 0 Å². The van der Waals surface area contributed by atoms with Crippen molar-refractivity contribution in [1.82, 2.24) is 4.98 Å². The second-order valence-corrected chi connectivity index (χ2v) is 4.64. The number of nitrogens with one attached hydrogen (secondary N) is 1. The summed E-state index contributed by atoms with van der Waals surface area (Å²) < 4.78 is 0. The fraction of sp³-hybridized carbons (Fsp3) is 0.400. The Labute approximate surface area is 103 Å². The Kier molecular flexibility index (Phi) is 3.32. The molecule has 1 aromatic heterocycles. The Morgan fingerprint density at radius 1 is 1.18 bits per heavy atom. The van der Waals surface area contributed by atoms with Crippen molar-refractivity contribution in [2.24, 2.45) is 0 Å². The van der Waals surface area contributed by atoms with Crippen LogP contribution in [-0.2, 0) is 6.42 Å². The zero-order valence-corrected chi connectivity index (χ0v) is 11.1. The van der Waals surface area contributed by atoms with Crippen LogP contribution in [0.15, 0.2) is 18.2 Å². The lowest BCUT2D eigenvalue weighted by atomic mass is 10.0. The van der Waals surface area contributed by atoms with E-state index in [9.17, 15) is 0 Å². The lowest BCUT2D eigenvalue weighted by molar-refractivity contribution is 0.918. The van der Waals surface area contributed by atoms with Gasteiger partial charge in [-0.2, -0.15) is 0 Å². The molecule has 17 heavy (non-hydrogen) atoms. The van der Waals surface area contributed by atoms with E-state index >= 15 is 0 Å². The van der Waals surface area contributed by atoms with Crippen molar-refractivity contribution in [1.29, 1.82) is 0 Å². The SMILES string of the molecule is CCCc1cc2c(C)cc(C)cc2nc1NC. The number of pyridine rings is 1. The maximum absolute atomic E-state index is 4.72. The number of hydrogen-bond acceptors (Lipinski definition) is 2. The number of aromatic nitrogens is 1. The van der Waals surface area contributed by atoms with Gasteiger partial charge in [0, 0.05) is 12.4 Å². The van der Waals surface area contributed by atoms with Gasteiger partial charge in [-0.3, -0.25) is 0 Å². The van der Waals surface area contributed by atoms with Crippen LogP contribution in [0.1, 0.15) is 30.0 Å². The maximum Gasteiger partial charge on any atom is 0.129 e. The van der Waals surface area contributed by atoms with Gasteiger partial charge in [0.25, 0.3) is 0 Å². The van der Waals surface area contributed by atoms with Gasteiger partial charge in [-0.05, 0) is 49.1 Å². The fourth-order valence-electron chi connectivity index (χ4n) is 2.35. The number of aryl methyl sites for hydroxylation is 3. The highest BCUT2D eigenvalue weighted by atomic mass is 15.0. The number of benzene rings is 1. The molecule has 0 amide bonds. The molecule has 2 rings (SSSR count). The summed E-state index contributed by atoms with van der Waals surface area (Å²) >= 11 is 0. The molecule has 2 nitrogen and oxygen atoms in total. The summed E-state index contributed by atoms with van der Waals surface area (Å²) in [7, 11) is 1.94. The molecule has 2 aromatic rings. The van der Waals surface area contributed by atoms with Crippen LogP contribution in [-0.4, -0.2) is 12.0 Å². The highest BCUT2D eigenvalue weighted by Gasteiger charge is 2.07. The number of nitrogens with zero attached hydrogens (tertiary/aromatic N) is 1. The second-order valence-electron chi connectivity index (χ2n) is 4.64. The molecule has 0 spiro atoms. The first-order valence-corrected chi connectivity index (χ1v) is 6.24. The number of anilines is 1. The fourth-order valence-corrected chi connectivity index (χ4v) is 2.35. The molecule has 0 aliphatic carbocycles. The first-order chi connectivity index (χ1) is 8.15. The van der Waals surface area contributed by atoms with Crippen LogP contribution in [0.2, 0.25) is 0 Å². The molecule has 90 valence electrons. The Bertz CT molecular complexity index is 544. The van der Waals surface area contributed by atoms with Gasteiger partial charge in [-0.1, -0.05) is 19.4 Å². The summed E-state index contributed by atoms with van der Waals surface area (Å²) in [6, 6.07) is 6.66. The highest BCUT2D eigenvalue weighted by Crippen LogP contribution is 2.25. The second kappa shape index (κ2) is 4.74. The van der Waals surface area contributed by atoms with Crippen molar-refractivity contribution < 1.29 is 0 Å². The van der Waals surface area contributed by atoms with E-state index in [1.807, 2.05) is 7.05 Å². The van der Waals surface area contributed by atoms with Crippen LogP contribution in [0.3, 0.4) is 0 Å². The number of rotatable bonds is 3. The summed E-state index contributed by atoms with van der Waals surface area (Å²) in [5.74, 6) is 1.02. The van der Waals surface area contributed by atoms with E-state index in [0.29, 0.717) is 0 Å². The predicted molar refractivity (Wildman–Crippen MR) is 74.8 cm³/mol. The van der Waals surface area contributed by atoms with E-state index in [-0.39, 0.29) is 0 Å². The molecule has 0 atom stereocenters. The van der Waals surface area contributed by atoms with Gasteiger partial charge in [0.15, 0.2) is 0 Å². The lowest BCUT2D eigenvalue weighted by Gasteiger charge is -2.11. The Morgan fingerprint density at radius 3 is 2.59 bits per heavy atom. The van der Waals surface area contributed by atoms with E-state index < -0.39 is 0 Å². The molecule has 0 saturated carbocycles. The molecule has 1 N–H and O–H groups in total. The zero-order chi connectivity index (χ0) is 12.4. The Morgan fingerprint density at radius 2 is 1.94 bits per heavy atom. The molecule has 1 heterocycles. The minimum absolute atomic E-state index is 1.02. The van der Waals surface area contributed by atoms with E-state index in [2.05, 4.69) is 44.3 Å². The van der Waals surface area contributed by atoms with Gasteiger partial charge >= 0.3 is 0 Å². The van der Waals surface area contributed by atoms with E-state index in [1.165, 1.54) is 22.1 Å². The lowest BCUT2D eigenvalue weighted by Crippen LogP contribution is -2.00. The monoisotopic (exact) mass is 228 g/mol. The van der Waals surface area contributed by atoms with E-state index in [0.717, 1.165) is 24.2 Å². The quantitative estimate of drug-likeness (QED) is 0.863. The van der Waals surface area contributed by atoms with Gasteiger partial charge in [0.1, 0.15) is 5.82 Å². The largest absolute Gasteiger partial charge is 0.373 e. The van der Waals surface area contributed by atoms with Crippen LogP contribution in [0.25, 0.3) is 10.9 Å². The molecule has 0 bridgehead atoms. The van der Waals surface area contributed by atoms with Crippen molar-refractivity contribution in [3.63, 3.8) is 0 Å². The topological polar surface area (TPSA) is 24.9 Å². The normalized spacial score (nSPS) is 10.8. The summed E-state index contributed by atoms with van der Waals surface area (Å²) in [6.07, 6.45) is 2.22. The van der Waals surface area contributed by atoms with Crippen LogP contribution in [0.4, 0.5) is 5.82 Å². The molecule has 0 unspecified atom stereocenters. The zero-order valence-electron chi connectivity index (χ0n) is 11.1. The maximum atomic E-state index is 4.72. The molecule has 1 aromatic carbocycles. The molecule has 2 heteroatoms. The summed E-state index contributed by atoms with van der Waals surface area (Å²) in [5.41, 5.74) is 4.99. The first kappa shape index (κ1) is 11.9. The highest BCUT2D eigenvalue weighted by molar-refractivity contribution is 5.85. The first-order valence-electron chi connectivity index (χ1n) is 6.24. The average Bonchev–Trinajstić information content (AvgIpc) is 2.29. The van der Waals surface area contributed by atoms with Gasteiger partial charge in [0.2, 0.25) is 0 Å². The number of fused-ring (bicyclic) bond motifs is 1. The van der Waals surface area contributed by atoms with Gasteiger partial charge in [-0.25, -0.2) is 4.98 Å². The third kappa shape index (κ3) is 2.26. The van der Waals surface area contributed by atoms with Crippen molar-refractivity contribution in [3.05, 3.63) is 34.9 Å². The Hall–Kier alpha value is -1.57. The standard InChI is InChI=1S/C15H20N2/c1-5-6-12-9-13-11(3)7-10(2)8-14(13)17-15(12)16-4/h7-9H,5-6H2,1-4H3,(H,16,17). The van der Waals surface area contributed by atoms with Crippen LogP contribution in [0.5, 0.6) is 0 Å². The third-order valence-electron chi connectivity index (χ3n) is 3.12. The van der Waals surface area contributed by atoms with Crippen LogP contribution >= 0.6 is 0 Å². The summed E-state index contributed by atoms with van der Waals surface area (Å²) in [4.78, 5) is 4.72.